The molecule has 142 valence electrons. The minimum absolute atomic E-state index is 0.154. The molecular weight excluding hydrogens is 416 g/mol. The maximum absolute atomic E-state index is 12.2. The molecule has 0 fully saturated rings. The SMILES string of the molecule is CC(C)(C)C(=O)Nc1nnc(S(=O)(=O)NCCSc2ccc(Cl)cc2)s1. The van der Waals surface area contributed by atoms with Crippen molar-refractivity contribution in [2.24, 2.45) is 5.41 Å². The third kappa shape index (κ3) is 6.20. The summed E-state index contributed by atoms with van der Waals surface area (Å²) in [5, 5.41) is 10.7. The van der Waals surface area contributed by atoms with Gasteiger partial charge in [0.1, 0.15) is 0 Å². The first-order valence-electron chi connectivity index (χ1n) is 7.61. The third-order valence-electron chi connectivity index (χ3n) is 3.01. The minimum atomic E-state index is -3.76. The zero-order chi connectivity index (χ0) is 19.4. The van der Waals surface area contributed by atoms with Crippen molar-refractivity contribution in [3.05, 3.63) is 29.3 Å². The Kier molecular flexibility index (Phi) is 7.03. The van der Waals surface area contributed by atoms with E-state index in [1.807, 2.05) is 12.1 Å². The van der Waals surface area contributed by atoms with Crippen LogP contribution in [0.2, 0.25) is 5.02 Å². The summed E-state index contributed by atoms with van der Waals surface area (Å²) in [6.45, 7) is 5.49. The number of benzene rings is 1. The molecule has 0 unspecified atom stereocenters. The van der Waals surface area contributed by atoms with Gasteiger partial charge >= 0.3 is 0 Å². The molecule has 0 spiro atoms. The van der Waals surface area contributed by atoms with Crippen LogP contribution in [-0.2, 0) is 14.8 Å². The Labute approximate surface area is 166 Å². The molecule has 0 bridgehead atoms. The molecular formula is C15H19ClN4O3S3. The Morgan fingerprint density at radius 2 is 1.88 bits per heavy atom. The van der Waals surface area contributed by atoms with E-state index in [0.29, 0.717) is 10.8 Å². The number of halogens is 1. The van der Waals surface area contributed by atoms with Crippen molar-refractivity contribution in [3.63, 3.8) is 0 Å². The van der Waals surface area contributed by atoms with E-state index in [0.717, 1.165) is 16.2 Å². The molecule has 7 nitrogen and oxygen atoms in total. The molecule has 0 aliphatic rings. The normalized spacial score (nSPS) is 12.2. The van der Waals surface area contributed by atoms with Gasteiger partial charge in [0.05, 0.1) is 0 Å². The molecule has 0 atom stereocenters. The highest BCUT2D eigenvalue weighted by Crippen LogP contribution is 2.23. The molecule has 0 aliphatic heterocycles. The predicted octanol–water partition coefficient (Wildman–Crippen LogP) is 3.25. The van der Waals surface area contributed by atoms with Crippen molar-refractivity contribution in [2.75, 3.05) is 17.6 Å². The first-order chi connectivity index (χ1) is 12.1. The lowest BCUT2D eigenvalue weighted by molar-refractivity contribution is -0.123. The van der Waals surface area contributed by atoms with Crippen LogP contribution in [0.15, 0.2) is 33.5 Å². The molecule has 2 rings (SSSR count). The van der Waals surface area contributed by atoms with Crippen LogP contribution < -0.4 is 10.0 Å². The van der Waals surface area contributed by atoms with Crippen LogP contribution >= 0.6 is 34.7 Å². The van der Waals surface area contributed by atoms with Crippen LogP contribution in [0.3, 0.4) is 0 Å². The van der Waals surface area contributed by atoms with E-state index in [9.17, 15) is 13.2 Å². The van der Waals surface area contributed by atoms with E-state index in [2.05, 4.69) is 20.2 Å². The molecule has 0 saturated carbocycles. The predicted molar refractivity (Wildman–Crippen MR) is 105 cm³/mol. The number of nitrogens with one attached hydrogen (secondary N) is 2. The summed E-state index contributed by atoms with van der Waals surface area (Å²) in [5.74, 6) is 0.290. The van der Waals surface area contributed by atoms with Crippen LogP contribution in [0.5, 0.6) is 0 Å². The van der Waals surface area contributed by atoms with Gasteiger partial charge in [-0.25, -0.2) is 13.1 Å². The quantitative estimate of drug-likeness (QED) is 0.394. The molecule has 1 aromatic heterocycles. The highest BCUT2D eigenvalue weighted by atomic mass is 35.5. The summed E-state index contributed by atoms with van der Waals surface area (Å²) in [5.41, 5.74) is -0.609. The van der Waals surface area contributed by atoms with Crippen LogP contribution in [0, 0.1) is 5.41 Å². The first kappa shape index (κ1) is 21.1. The van der Waals surface area contributed by atoms with Gasteiger partial charge in [-0.05, 0) is 24.3 Å². The number of thioether (sulfide) groups is 1. The second-order valence-corrected chi connectivity index (χ2v) is 10.8. The fourth-order valence-electron chi connectivity index (χ4n) is 1.59. The number of aromatic nitrogens is 2. The van der Waals surface area contributed by atoms with E-state index in [4.69, 9.17) is 11.6 Å². The lowest BCUT2D eigenvalue weighted by Crippen LogP contribution is -2.27. The first-order valence-corrected chi connectivity index (χ1v) is 11.3. The summed E-state index contributed by atoms with van der Waals surface area (Å²) in [6.07, 6.45) is 0. The maximum atomic E-state index is 12.2. The van der Waals surface area contributed by atoms with Gasteiger partial charge < -0.3 is 5.32 Å². The average molecular weight is 435 g/mol. The molecule has 0 aliphatic carbocycles. The van der Waals surface area contributed by atoms with E-state index in [-0.39, 0.29) is 21.9 Å². The number of hydrogen-bond acceptors (Lipinski definition) is 7. The number of anilines is 1. The summed E-state index contributed by atoms with van der Waals surface area (Å²) < 4.78 is 26.8. The van der Waals surface area contributed by atoms with Crippen molar-refractivity contribution in [2.45, 2.75) is 30.0 Å². The van der Waals surface area contributed by atoms with Gasteiger partial charge in [0.25, 0.3) is 10.0 Å². The van der Waals surface area contributed by atoms with Gasteiger partial charge in [0.15, 0.2) is 0 Å². The van der Waals surface area contributed by atoms with Gasteiger partial charge in [-0.15, -0.1) is 22.0 Å². The highest BCUT2D eigenvalue weighted by Gasteiger charge is 2.24. The molecule has 1 aromatic carbocycles. The van der Waals surface area contributed by atoms with Crippen molar-refractivity contribution >= 4 is 55.8 Å². The number of hydrogen-bond donors (Lipinski definition) is 2. The second kappa shape index (κ2) is 8.66. The largest absolute Gasteiger partial charge is 0.300 e. The van der Waals surface area contributed by atoms with Crippen molar-refractivity contribution in [3.8, 4) is 0 Å². The van der Waals surface area contributed by atoms with Crippen molar-refractivity contribution < 1.29 is 13.2 Å². The van der Waals surface area contributed by atoms with Crippen LogP contribution in [0.4, 0.5) is 5.13 Å². The van der Waals surface area contributed by atoms with Crippen LogP contribution in [0.1, 0.15) is 20.8 Å². The van der Waals surface area contributed by atoms with Gasteiger partial charge in [0, 0.05) is 27.6 Å². The molecule has 0 radical (unpaired) electrons. The number of rotatable bonds is 7. The zero-order valence-electron chi connectivity index (χ0n) is 14.4. The summed E-state index contributed by atoms with van der Waals surface area (Å²) in [7, 11) is -3.76. The Balaban J connectivity index is 1.87. The van der Waals surface area contributed by atoms with E-state index in [1.54, 1.807) is 32.9 Å². The van der Waals surface area contributed by atoms with Gasteiger partial charge in [-0.2, -0.15) is 0 Å². The zero-order valence-corrected chi connectivity index (χ0v) is 17.7. The van der Waals surface area contributed by atoms with Crippen LogP contribution in [-0.4, -0.2) is 36.8 Å². The number of amides is 1. The second-order valence-electron chi connectivity index (χ2n) is 6.28. The molecule has 1 amide bonds. The van der Waals surface area contributed by atoms with Crippen molar-refractivity contribution in [1.29, 1.82) is 0 Å². The van der Waals surface area contributed by atoms with E-state index < -0.39 is 15.4 Å². The summed E-state index contributed by atoms with van der Waals surface area (Å²) in [6, 6.07) is 7.30. The number of sulfonamides is 1. The number of carbonyl (C=O) groups excluding carboxylic acids is 1. The Morgan fingerprint density at radius 1 is 1.23 bits per heavy atom. The van der Waals surface area contributed by atoms with Gasteiger partial charge in [0.2, 0.25) is 15.4 Å². The molecule has 2 aromatic rings. The Morgan fingerprint density at radius 3 is 2.50 bits per heavy atom. The average Bonchev–Trinajstić information content (AvgIpc) is 3.02. The standard InChI is InChI=1S/C15H19ClN4O3S3/c1-15(2,3)12(21)18-13-19-20-14(25-13)26(22,23)17-8-9-24-11-6-4-10(16)5-7-11/h4-7,17H,8-9H2,1-3H3,(H,18,19,21). The number of nitrogens with zero attached hydrogens (tertiary/aromatic N) is 2. The molecule has 11 heteroatoms. The summed E-state index contributed by atoms with van der Waals surface area (Å²) >= 11 is 8.14. The molecule has 0 saturated heterocycles. The highest BCUT2D eigenvalue weighted by molar-refractivity contribution is 7.99. The fraction of sp³-hybridized carbons (Fsp3) is 0.400. The maximum Gasteiger partial charge on any atom is 0.269 e. The smallest absolute Gasteiger partial charge is 0.269 e. The topological polar surface area (TPSA) is 101 Å². The Hall–Kier alpha value is -1.20. The van der Waals surface area contributed by atoms with Crippen LogP contribution in [0.25, 0.3) is 0 Å². The molecule has 1 heterocycles. The minimum Gasteiger partial charge on any atom is -0.300 e. The van der Waals surface area contributed by atoms with Crippen molar-refractivity contribution in [1.82, 2.24) is 14.9 Å². The fourth-order valence-corrected chi connectivity index (χ4v) is 4.58. The molecule has 2 N–H and O–H groups in total. The molecule has 26 heavy (non-hydrogen) atoms. The third-order valence-corrected chi connectivity index (χ3v) is 6.95. The van der Waals surface area contributed by atoms with Gasteiger partial charge in [-0.3, -0.25) is 4.79 Å². The van der Waals surface area contributed by atoms with E-state index in [1.165, 1.54) is 11.8 Å². The van der Waals surface area contributed by atoms with E-state index >= 15 is 0 Å². The Bertz CT molecular complexity index is 861. The number of carbonyl (C=O) groups is 1. The van der Waals surface area contributed by atoms with Gasteiger partial charge in [-0.1, -0.05) is 43.7 Å². The monoisotopic (exact) mass is 434 g/mol. The lowest BCUT2D eigenvalue weighted by Gasteiger charge is -2.15. The lowest BCUT2D eigenvalue weighted by atomic mass is 9.96. The summed E-state index contributed by atoms with van der Waals surface area (Å²) in [4.78, 5) is 12.9.